The number of allylic oxidation sites excluding steroid dienone is 1. The summed E-state index contributed by atoms with van der Waals surface area (Å²) in [4.78, 5) is 24.8. The molecule has 0 aromatic heterocycles. The lowest BCUT2D eigenvalue weighted by Crippen LogP contribution is -2.23. The van der Waals surface area contributed by atoms with Crippen molar-refractivity contribution in [1.29, 1.82) is 0 Å². The first kappa shape index (κ1) is 17.7. The van der Waals surface area contributed by atoms with Crippen LogP contribution in [0.1, 0.15) is 23.7 Å². The summed E-state index contributed by atoms with van der Waals surface area (Å²) in [5.74, 6) is -11.1. The van der Waals surface area contributed by atoms with Gasteiger partial charge in [0.25, 0.3) is 0 Å². The van der Waals surface area contributed by atoms with Gasteiger partial charge in [-0.3, -0.25) is 4.79 Å². The summed E-state index contributed by atoms with van der Waals surface area (Å²) in [5.41, 5.74) is -1.99. The van der Waals surface area contributed by atoms with Crippen molar-refractivity contribution in [2.75, 3.05) is 14.1 Å². The number of benzene rings is 1. The van der Waals surface area contributed by atoms with E-state index in [1.807, 2.05) is 0 Å². The van der Waals surface area contributed by atoms with Gasteiger partial charge in [0.15, 0.2) is 23.3 Å². The Bertz CT molecular complexity index is 669. The molecule has 1 N–H and O–H groups in total. The molecule has 0 aliphatic carbocycles. The number of aliphatic carboxylic acids is 1. The summed E-state index contributed by atoms with van der Waals surface area (Å²) < 4.78 is 52.9. The maximum absolute atomic E-state index is 13.7. The minimum atomic E-state index is -2.17. The number of carboxylic acid groups (broad SMARTS) is 1. The molecule has 0 bridgehead atoms. The van der Waals surface area contributed by atoms with Gasteiger partial charge in [-0.05, 0) is 12.5 Å². The third kappa shape index (κ3) is 3.10. The van der Waals surface area contributed by atoms with E-state index in [9.17, 15) is 27.2 Å². The molecule has 0 amide bonds. The van der Waals surface area contributed by atoms with E-state index in [1.54, 1.807) is 6.92 Å². The molecule has 0 aliphatic heterocycles. The summed E-state index contributed by atoms with van der Waals surface area (Å²) >= 11 is 0. The fourth-order valence-electron chi connectivity index (χ4n) is 1.94. The van der Waals surface area contributed by atoms with E-state index in [4.69, 9.17) is 5.11 Å². The molecule has 0 saturated carbocycles. The van der Waals surface area contributed by atoms with Gasteiger partial charge < -0.3 is 10.0 Å². The van der Waals surface area contributed by atoms with Gasteiger partial charge >= 0.3 is 5.97 Å². The number of nitrogens with zero attached hydrogens (tertiary/aromatic N) is 1. The molecule has 8 heteroatoms. The molecule has 0 fully saturated rings. The molecule has 0 unspecified atom stereocenters. The first-order chi connectivity index (χ1) is 10.1. The fourth-order valence-corrected chi connectivity index (χ4v) is 1.94. The molecule has 0 heterocycles. The van der Waals surface area contributed by atoms with Crippen LogP contribution in [-0.4, -0.2) is 35.9 Å². The maximum Gasteiger partial charge on any atom is 0.341 e. The molecular formula is C14H13F4NO3. The number of Topliss-reactive ketones (excluding diaryl/α,β-unsaturated/α-hetero) is 1. The van der Waals surface area contributed by atoms with Crippen LogP contribution in [0.2, 0.25) is 0 Å². The predicted molar refractivity (Wildman–Crippen MR) is 69.2 cm³/mol. The van der Waals surface area contributed by atoms with Crippen LogP contribution in [0, 0.1) is 23.3 Å². The van der Waals surface area contributed by atoms with Crippen molar-refractivity contribution in [3.8, 4) is 0 Å². The number of carboxylic acids is 1. The molecule has 4 nitrogen and oxygen atoms in total. The highest BCUT2D eigenvalue weighted by Gasteiger charge is 2.30. The summed E-state index contributed by atoms with van der Waals surface area (Å²) in [7, 11) is 2.91. The number of rotatable bonds is 5. The molecule has 1 rings (SSSR count). The number of hydrogen-bond acceptors (Lipinski definition) is 3. The molecule has 1 aromatic carbocycles. The van der Waals surface area contributed by atoms with Gasteiger partial charge in [0.1, 0.15) is 5.57 Å². The highest BCUT2D eigenvalue weighted by molar-refractivity contribution is 6.24. The van der Waals surface area contributed by atoms with Gasteiger partial charge in [-0.1, -0.05) is 6.92 Å². The van der Waals surface area contributed by atoms with Crippen LogP contribution in [0.15, 0.2) is 17.3 Å². The van der Waals surface area contributed by atoms with Crippen LogP contribution >= 0.6 is 0 Å². The fraction of sp³-hybridized carbons (Fsp3) is 0.286. The van der Waals surface area contributed by atoms with Crippen molar-refractivity contribution in [1.82, 2.24) is 4.90 Å². The lowest BCUT2D eigenvalue weighted by molar-refractivity contribution is -0.132. The minimum Gasteiger partial charge on any atom is -0.477 e. The van der Waals surface area contributed by atoms with Crippen LogP contribution in [0.5, 0.6) is 0 Å². The lowest BCUT2D eigenvalue weighted by atomic mass is 9.99. The van der Waals surface area contributed by atoms with Gasteiger partial charge in [0.2, 0.25) is 5.78 Å². The van der Waals surface area contributed by atoms with Crippen LogP contribution in [0.4, 0.5) is 17.6 Å². The topological polar surface area (TPSA) is 57.6 Å². The Morgan fingerprint density at radius 2 is 1.64 bits per heavy atom. The molecule has 22 heavy (non-hydrogen) atoms. The zero-order valence-corrected chi connectivity index (χ0v) is 12.0. The standard InChI is InChI=1S/C14H13F4NO3/c1-4-8(19(2)3)9(14(21)22)13(20)6-5-7(15)11(17)12(18)10(6)16/h5H,4H2,1-3H3,(H,21,22)/b9-8-. The average molecular weight is 319 g/mol. The highest BCUT2D eigenvalue weighted by atomic mass is 19.2. The Labute approximate surface area is 123 Å². The van der Waals surface area contributed by atoms with Crippen LogP contribution < -0.4 is 0 Å². The number of ketones is 1. The Kier molecular flexibility index (Phi) is 5.29. The molecule has 0 saturated heterocycles. The normalized spacial score (nSPS) is 12.0. The third-order valence-corrected chi connectivity index (χ3v) is 2.95. The molecule has 0 spiro atoms. The largest absolute Gasteiger partial charge is 0.477 e. The van der Waals surface area contributed by atoms with E-state index < -0.39 is 46.2 Å². The molecule has 0 aliphatic rings. The number of carbonyl (C=O) groups is 2. The Morgan fingerprint density at radius 3 is 2.05 bits per heavy atom. The van der Waals surface area contributed by atoms with E-state index in [-0.39, 0.29) is 18.2 Å². The van der Waals surface area contributed by atoms with Crippen molar-refractivity contribution in [2.45, 2.75) is 13.3 Å². The zero-order valence-electron chi connectivity index (χ0n) is 12.0. The van der Waals surface area contributed by atoms with Gasteiger partial charge in [-0.15, -0.1) is 0 Å². The average Bonchev–Trinajstić information content (AvgIpc) is 2.44. The van der Waals surface area contributed by atoms with Crippen LogP contribution in [0.25, 0.3) is 0 Å². The van der Waals surface area contributed by atoms with E-state index in [1.165, 1.54) is 19.0 Å². The van der Waals surface area contributed by atoms with Crippen molar-refractivity contribution < 1.29 is 32.3 Å². The molecule has 1 aromatic rings. The van der Waals surface area contributed by atoms with E-state index in [0.29, 0.717) is 0 Å². The Hall–Kier alpha value is -2.38. The quantitative estimate of drug-likeness (QED) is 0.172. The van der Waals surface area contributed by atoms with E-state index in [0.717, 1.165) is 0 Å². The van der Waals surface area contributed by atoms with Gasteiger partial charge in [-0.2, -0.15) is 0 Å². The van der Waals surface area contributed by atoms with Gasteiger partial charge in [0.05, 0.1) is 5.56 Å². The smallest absolute Gasteiger partial charge is 0.341 e. The van der Waals surface area contributed by atoms with Crippen molar-refractivity contribution in [3.05, 3.63) is 46.2 Å². The number of carbonyl (C=O) groups excluding carboxylic acids is 1. The SMILES string of the molecule is CC/C(=C(/C(=O)O)C(=O)c1cc(F)c(F)c(F)c1F)N(C)C. The molecule has 120 valence electrons. The maximum atomic E-state index is 13.7. The van der Waals surface area contributed by atoms with Crippen LogP contribution in [-0.2, 0) is 4.79 Å². The Morgan fingerprint density at radius 1 is 1.09 bits per heavy atom. The van der Waals surface area contributed by atoms with E-state index in [2.05, 4.69) is 0 Å². The second-order valence-electron chi connectivity index (χ2n) is 4.55. The molecule has 0 atom stereocenters. The van der Waals surface area contributed by atoms with Crippen molar-refractivity contribution in [3.63, 3.8) is 0 Å². The highest BCUT2D eigenvalue weighted by Crippen LogP contribution is 2.23. The Balaban J connectivity index is 3.62. The summed E-state index contributed by atoms with van der Waals surface area (Å²) in [6.07, 6.45) is 0.105. The van der Waals surface area contributed by atoms with Crippen molar-refractivity contribution in [2.24, 2.45) is 0 Å². The second-order valence-corrected chi connectivity index (χ2v) is 4.55. The first-order valence-corrected chi connectivity index (χ1v) is 6.14. The number of halogens is 4. The van der Waals surface area contributed by atoms with Crippen molar-refractivity contribution >= 4 is 11.8 Å². The molecular weight excluding hydrogens is 306 g/mol. The summed E-state index contributed by atoms with van der Waals surface area (Å²) in [6.45, 7) is 1.55. The van der Waals surface area contributed by atoms with Crippen LogP contribution in [0.3, 0.4) is 0 Å². The monoisotopic (exact) mass is 319 g/mol. The summed E-state index contributed by atoms with van der Waals surface area (Å²) in [5, 5.41) is 9.15. The molecule has 0 radical (unpaired) electrons. The van der Waals surface area contributed by atoms with Gasteiger partial charge in [0, 0.05) is 19.8 Å². The second kappa shape index (κ2) is 6.59. The number of hydrogen-bond donors (Lipinski definition) is 1. The predicted octanol–water partition coefficient (Wildman–Crippen LogP) is 2.74. The minimum absolute atomic E-state index is 0.0297. The first-order valence-electron chi connectivity index (χ1n) is 6.14. The third-order valence-electron chi connectivity index (χ3n) is 2.95. The zero-order chi connectivity index (χ0) is 17.2. The van der Waals surface area contributed by atoms with Gasteiger partial charge in [-0.25, -0.2) is 22.4 Å². The lowest BCUT2D eigenvalue weighted by Gasteiger charge is -2.18. The van der Waals surface area contributed by atoms with E-state index >= 15 is 0 Å². The summed E-state index contributed by atoms with van der Waals surface area (Å²) in [6, 6.07) is 0.141.